The third-order valence-corrected chi connectivity index (χ3v) is 8.64. The molecule has 3 atom stereocenters. The van der Waals surface area contributed by atoms with E-state index in [1.54, 1.807) is 20.3 Å². The molecular formula is C34H45NO5. The molecule has 2 aromatic carbocycles. The molecule has 1 aliphatic carbocycles. The molecule has 6 heteroatoms. The predicted octanol–water partition coefficient (Wildman–Crippen LogP) is 7.01. The molecule has 0 N–H and O–H groups in total. The Balaban J connectivity index is 1.24. The number of ketones is 1. The summed E-state index contributed by atoms with van der Waals surface area (Å²) in [4.78, 5) is 28.8. The van der Waals surface area contributed by atoms with Crippen molar-refractivity contribution in [2.24, 2.45) is 17.3 Å². The number of amides is 1. The lowest BCUT2D eigenvalue weighted by Gasteiger charge is -2.51. The highest BCUT2D eigenvalue weighted by Gasteiger charge is 2.52. The Labute approximate surface area is 239 Å². The molecule has 2 aromatic rings. The summed E-state index contributed by atoms with van der Waals surface area (Å²) in [7, 11) is 3.32. The predicted molar refractivity (Wildman–Crippen MR) is 158 cm³/mol. The zero-order chi connectivity index (χ0) is 28.4. The monoisotopic (exact) mass is 547 g/mol. The molecule has 4 rings (SSSR count). The number of nitrogens with zero attached hydrogens (tertiary/aromatic N) is 1. The van der Waals surface area contributed by atoms with Gasteiger partial charge in [0.1, 0.15) is 23.0 Å². The second-order valence-electron chi connectivity index (χ2n) is 11.5. The average Bonchev–Trinajstić information content (AvgIpc) is 2.97. The average molecular weight is 548 g/mol. The van der Waals surface area contributed by atoms with Crippen LogP contribution < -0.4 is 14.2 Å². The second kappa shape index (κ2) is 14.4. The van der Waals surface area contributed by atoms with Crippen LogP contribution in [0.4, 0.5) is 0 Å². The minimum atomic E-state index is -0.225. The highest BCUT2D eigenvalue weighted by molar-refractivity contribution is 5.92. The maximum absolute atomic E-state index is 13.6. The number of fused-ring (bicyclic) bond motifs is 2. The van der Waals surface area contributed by atoms with Gasteiger partial charge in [0.25, 0.3) is 0 Å². The van der Waals surface area contributed by atoms with Crippen LogP contribution in [0.1, 0.15) is 69.8 Å². The number of carbonyl (C=O) groups excluding carboxylic acids is 2. The molecule has 0 unspecified atom stereocenters. The minimum absolute atomic E-state index is 0.105. The first kappa shape index (κ1) is 29.7. The van der Waals surface area contributed by atoms with Crippen LogP contribution >= 0.6 is 0 Å². The van der Waals surface area contributed by atoms with Gasteiger partial charge in [-0.3, -0.25) is 9.59 Å². The first-order chi connectivity index (χ1) is 19.5. The summed E-state index contributed by atoms with van der Waals surface area (Å²) < 4.78 is 16.3. The summed E-state index contributed by atoms with van der Waals surface area (Å²) in [5.41, 5.74) is 0.985. The molecule has 2 fully saturated rings. The van der Waals surface area contributed by atoms with Crippen LogP contribution in [0.2, 0.25) is 0 Å². The van der Waals surface area contributed by atoms with Crippen LogP contribution in [0, 0.1) is 17.3 Å². The molecule has 0 aromatic heterocycles. The third kappa shape index (κ3) is 7.67. The van der Waals surface area contributed by atoms with Gasteiger partial charge in [0.05, 0.1) is 20.8 Å². The molecule has 1 saturated carbocycles. The van der Waals surface area contributed by atoms with Crippen molar-refractivity contribution in [1.29, 1.82) is 0 Å². The minimum Gasteiger partial charge on any atom is -0.497 e. The summed E-state index contributed by atoms with van der Waals surface area (Å²) >= 11 is 0. The zero-order valence-corrected chi connectivity index (χ0v) is 24.2. The number of methoxy groups -OCH3 is 2. The number of piperidine rings is 1. The van der Waals surface area contributed by atoms with Gasteiger partial charge >= 0.3 is 0 Å². The number of ether oxygens (including phenoxy) is 3. The van der Waals surface area contributed by atoms with Crippen LogP contribution in [-0.2, 0) is 16.1 Å². The number of allylic oxidation sites excluding steroid dienone is 1. The number of hydrogen-bond donors (Lipinski definition) is 0. The maximum Gasteiger partial charge on any atom is 0.226 e. The van der Waals surface area contributed by atoms with E-state index in [1.807, 2.05) is 53.4 Å². The fourth-order valence-electron chi connectivity index (χ4n) is 6.50. The Morgan fingerprint density at radius 3 is 2.12 bits per heavy atom. The fourth-order valence-corrected chi connectivity index (χ4v) is 6.50. The van der Waals surface area contributed by atoms with E-state index < -0.39 is 0 Å². The van der Waals surface area contributed by atoms with E-state index in [4.69, 9.17) is 14.2 Å². The molecule has 216 valence electrons. The summed E-state index contributed by atoms with van der Waals surface area (Å²) in [5.74, 6) is 2.45. The summed E-state index contributed by atoms with van der Waals surface area (Å²) in [6.45, 7) is 5.83. The summed E-state index contributed by atoms with van der Waals surface area (Å²) in [6.07, 6.45) is 11.6. The number of carbonyl (C=O) groups is 2. The zero-order valence-electron chi connectivity index (χ0n) is 24.2. The van der Waals surface area contributed by atoms with Crippen molar-refractivity contribution in [1.82, 2.24) is 4.90 Å². The lowest BCUT2D eigenvalue weighted by molar-refractivity contribution is -0.159. The van der Waals surface area contributed by atoms with Gasteiger partial charge in [-0.25, -0.2) is 0 Å². The van der Waals surface area contributed by atoms with E-state index in [0.717, 1.165) is 67.9 Å². The molecule has 1 heterocycles. The molecule has 1 aliphatic heterocycles. The Morgan fingerprint density at radius 2 is 1.48 bits per heavy atom. The Kier molecular flexibility index (Phi) is 10.7. The molecule has 0 spiro atoms. The van der Waals surface area contributed by atoms with Crippen LogP contribution in [0.5, 0.6) is 17.2 Å². The van der Waals surface area contributed by atoms with Crippen molar-refractivity contribution < 1.29 is 23.8 Å². The molecule has 0 radical (unpaired) electrons. The number of likely N-dealkylation sites (tertiary alicyclic amines) is 1. The van der Waals surface area contributed by atoms with E-state index in [-0.39, 0.29) is 28.9 Å². The van der Waals surface area contributed by atoms with E-state index in [9.17, 15) is 9.59 Å². The van der Waals surface area contributed by atoms with Crippen molar-refractivity contribution >= 4 is 11.7 Å². The third-order valence-electron chi connectivity index (χ3n) is 8.64. The van der Waals surface area contributed by atoms with Gasteiger partial charge in [0.15, 0.2) is 0 Å². The van der Waals surface area contributed by atoms with Crippen LogP contribution in [0.25, 0.3) is 0 Å². The number of Topliss-reactive ketones (excluding diaryl/α,β-unsaturated/α-hetero) is 1. The lowest BCUT2D eigenvalue weighted by Crippen LogP contribution is -2.57. The summed E-state index contributed by atoms with van der Waals surface area (Å²) in [6, 6.07) is 15.6. The van der Waals surface area contributed by atoms with Crippen LogP contribution in [0.15, 0.2) is 61.2 Å². The van der Waals surface area contributed by atoms with Gasteiger partial charge in [0.2, 0.25) is 5.91 Å². The smallest absolute Gasteiger partial charge is 0.226 e. The Bertz CT molecular complexity index is 1110. The first-order valence-corrected chi connectivity index (χ1v) is 14.8. The standard InChI is InChI=1S/C34H45NO5/c1-4-11-30-31-22-34(23-32(30)36,25-35(33(31)37)24-26-12-14-27(38-2)15-13-26)20-9-7-5-6-8-10-21-40-29-18-16-28(39-3)17-19-29/h4,12-19,30-31H,1,5-11,20-25H2,2-3H3/t30-,31+,34-/m1/s1. The molecular weight excluding hydrogens is 502 g/mol. The normalized spacial score (nSPS) is 22.2. The van der Waals surface area contributed by atoms with E-state index in [0.29, 0.717) is 25.9 Å². The molecule has 1 amide bonds. The molecule has 6 nitrogen and oxygen atoms in total. The van der Waals surface area contributed by atoms with Crippen LogP contribution in [0.3, 0.4) is 0 Å². The van der Waals surface area contributed by atoms with Gasteiger partial charge in [0, 0.05) is 31.3 Å². The van der Waals surface area contributed by atoms with E-state index in [2.05, 4.69) is 6.58 Å². The number of benzene rings is 2. The molecule has 1 saturated heterocycles. The van der Waals surface area contributed by atoms with Crippen LogP contribution in [-0.4, -0.2) is 44.0 Å². The van der Waals surface area contributed by atoms with E-state index >= 15 is 0 Å². The molecule has 40 heavy (non-hydrogen) atoms. The highest BCUT2D eigenvalue weighted by Crippen LogP contribution is 2.49. The van der Waals surface area contributed by atoms with Crippen molar-refractivity contribution in [3.8, 4) is 17.2 Å². The van der Waals surface area contributed by atoms with Crippen molar-refractivity contribution in [2.45, 2.75) is 70.8 Å². The second-order valence-corrected chi connectivity index (χ2v) is 11.5. The lowest BCUT2D eigenvalue weighted by atomic mass is 9.59. The maximum atomic E-state index is 13.6. The van der Waals surface area contributed by atoms with Gasteiger partial charge in [-0.15, -0.1) is 6.58 Å². The Morgan fingerprint density at radius 1 is 0.875 bits per heavy atom. The van der Waals surface area contributed by atoms with E-state index in [1.165, 1.54) is 12.8 Å². The van der Waals surface area contributed by atoms with Gasteiger partial charge < -0.3 is 19.1 Å². The quantitative estimate of drug-likeness (QED) is 0.167. The SMILES string of the molecule is C=CC[C@H]1C(=O)C[C@@]2(CCCCCCCCOc3ccc(OC)cc3)C[C@@H]1C(=O)N(Cc1ccc(OC)cc1)C2. The largest absolute Gasteiger partial charge is 0.497 e. The van der Waals surface area contributed by atoms with Gasteiger partial charge in [-0.2, -0.15) is 0 Å². The topological polar surface area (TPSA) is 65.1 Å². The van der Waals surface area contributed by atoms with Crippen molar-refractivity contribution in [3.05, 3.63) is 66.7 Å². The number of unbranched alkanes of at least 4 members (excludes halogenated alkanes) is 5. The van der Waals surface area contributed by atoms with Crippen molar-refractivity contribution in [2.75, 3.05) is 27.4 Å². The fraction of sp³-hybridized carbons (Fsp3) is 0.529. The summed E-state index contributed by atoms with van der Waals surface area (Å²) in [5, 5.41) is 0. The van der Waals surface area contributed by atoms with Crippen molar-refractivity contribution in [3.63, 3.8) is 0 Å². The first-order valence-electron chi connectivity index (χ1n) is 14.8. The molecule has 2 bridgehead atoms. The number of hydrogen-bond acceptors (Lipinski definition) is 5. The van der Waals surface area contributed by atoms with Gasteiger partial charge in [-0.05, 0) is 73.1 Å². The Hall–Kier alpha value is -3.28. The number of rotatable bonds is 16. The highest BCUT2D eigenvalue weighted by atomic mass is 16.5. The molecule has 2 aliphatic rings. The van der Waals surface area contributed by atoms with Gasteiger partial charge in [-0.1, -0.05) is 50.3 Å².